The molecule has 1 amide bonds. The molecule has 0 spiro atoms. The van der Waals surface area contributed by atoms with Crippen LogP contribution in [-0.2, 0) is 0 Å². The van der Waals surface area contributed by atoms with E-state index in [0.29, 0.717) is 29.0 Å². The van der Waals surface area contributed by atoms with Gasteiger partial charge >= 0.3 is 0 Å². The van der Waals surface area contributed by atoms with Crippen molar-refractivity contribution >= 4 is 17.9 Å². The summed E-state index contributed by atoms with van der Waals surface area (Å²) in [5.41, 5.74) is 2.30. The van der Waals surface area contributed by atoms with Gasteiger partial charge in [-0.25, -0.2) is 4.39 Å². The summed E-state index contributed by atoms with van der Waals surface area (Å²) in [6, 6.07) is 10.9. The zero-order chi connectivity index (χ0) is 14.8. The van der Waals surface area contributed by atoms with Crippen molar-refractivity contribution in [2.75, 3.05) is 5.32 Å². The molecule has 0 unspecified atom stereocenters. The summed E-state index contributed by atoms with van der Waals surface area (Å²) >= 11 is 0. The maximum atomic E-state index is 12.9. The Morgan fingerprint density at radius 2 is 1.86 bits per heavy atom. The molecule has 0 radical (unpaired) electrons. The first-order valence-corrected chi connectivity index (χ1v) is 6.83. The maximum absolute atomic E-state index is 12.9. The number of halogens is 1. The summed E-state index contributed by atoms with van der Waals surface area (Å²) in [6.45, 7) is 0. The SMILES string of the molecule is O=Cc1ccc(C2CC2)cc1C(=O)Nc1ccc(F)cc1. The Hall–Kier alpha value is -2.49. The van der Waals surface area contributed by atoms with E-state index >= 15 is 0 Å². The van der Waals surface area contributed by atoms with Crippen LogP contribution >= 0.6 is 0 Å². The highest BCUT2D eigenvalue weighted by atomic mass is 19.1. The predicted octanol–water partition coefficient (Wildman–Crippen LogP) is 3.77. The first-order valence-electron chi connectivity index (χ1n) is 6.83. The van der Waals surface area contributed by atoms with Crippen molar-refractivity contribution in [3.05, 3.63) is 65.0 Å². The molecule has 1 fully saturated rings. The number of hydrogen-bond donors (Lipinski definition) is 1. The van der Waals surface area contributed by atoms with E-state index in [-0.39, 0.29) is 11.7 Å². The second kappa shape index (κ2) is 5.48. The van der Waals surface area contributed by atoms with E-state index in [4.69, 9.17) is 0 Å². The molecule has 1 aliphatic rings. The van der Waals surface area contributed by atoms with Crippen LogP contribution in [0.15, 0.2) is 42.5 Å². The van der Waals surface area contributed by atoms with E-state index in [2.05, 4.69) is 5.32 Å². The van der Waals surface area contributed by atoms with E-state index in [1.165, 1.54) is 24.3 Å². The summed E-state index contributed by atoms with van der Waals surface area (Å²) in [5, 5.41) is 2.68. The van der Waals surface area contributed by atoms with Crippen molar-refractivity contribution in [3.63, 3.8) is 0 Å². The molecule has 1 saturated carbocycles. The van der Waals surface area contributed by atoms with Gasteiger partial charge in [-0.15, -0.1) is 0 Å². The molecule has 0 saturated heterocycles. The molecule has 2 aromatic carbocycles. The van der Waals surface area contributed by atoms with Crippen molar-refractivity contribution in [3.8, 4) is 0 Å². The van der Waals surface area contributed by atoms with Crippen LogP contribution in [0.3, 0.4) is 0 Å². The average Bonchev–Trinajstić information content (AvgIpc) is 3.33. The number of amides is 1. The van der Waals surface area contributed by atoms with Crippen molar-refractivity contribution in [2.45, 2.75) is 18.8 Å². The van der Waals surface area contributed by atoms with Gasteiger partial charge in [0.05, 0.1) is 5.56 Å². The fourth-order valence-electron chi connectivity index (χ4n) is 2.28. The normalized spacial score (nSPS) is 13.8. The van der Waals surface area contributed by atoms with E-state index < -0.39 is 0 Å². The van der Waals surface area contributed by atoms with E-state index in [1.807, 2.05) is 6.07 Å². The maximum Gasteiger partial charge on any atom is 0.256 e. The third-order valence-electron chi connectivity index (χ3n) is 3.60. The first kappa shape index (κ1) is 13.5. The quantitative estimate of drug-likeness (QED) is 0.868. The minimum absolute atomic E-state index is 0.355. The summed E-state index contributed by atoms with van der Waals surface area (Å²) in [5.74, 6) is -0.216. The van der Waals surface area contributed by atoms with Gasteiger partial charge < -0.3 is 5.32 Å². The van der Waals surface area contributed by atoms with Gasteiger partial charge in [0.25, 0.3) is 5.91 Å². The fourth-order valence-corrected chi connectivity index (χ4v) is 2.28. The molecule has 3 nitrogen and oxygen atoms in total. The molecule has 0 bridgehead atoms. The monoisotopic (exact) mass is 283 g/mol. The molecular formula is C17H14FNO2. The van der Waals surface area contributed by atoms with E-state index in [1.54, 1.807) is 12.1 Å². The lowest BCUT2D eigenvalue weighted by molar-refractivity contribution is 0.101. The Morgan fingerprint density at radius 1 is 1.14 bits per heavy atom. The van der Waals surface area contributed by atoms with Crippen molar-refractivity contribution in [2.24, 2.45) is 0 Å². The number of carbonyl (C=O) groups is 2. The van der Waals surface area contributed by atoms with Crippen LogP contribution < -0.4 is 5.32 Å². The van der Waals surface area contributed by atoms with Crippen LogP contribution in [-0.4, -0.2) is 12.2 Å². The summed E-state index contributed by atoms with van der Waals surface area (Å²) in [6.07, 6.45) is 2.93. The van der Waals surface area contributed by atoms with Crippen LogP contribution in [0, 0.1) is 5.82 Å². The van der Waals surface area contributed by atoms with Crippen molar-refractivity contribution in [1.82, 2.24) is 0 Å². The van der Waals surface area contributed by atoms with Crippen LogP contribution in [0.25, 0.3) is 0 Å². The Kier molecular flexibility index (Phi) is 3.52. The summed E-state index contributed by atoms with van der Waals surface area (Å²) in [4.78, 5) is 23.4. The lowest BCUT2D eigenvalue weighted by Crippen LogP contribution is -2.14. The van der Waals surface area contributed by atoms with Crippen LogP contribution in [0.4, 0.5) is 10.1 Å². The van der Waals surface area contributed by atoms with Crippen LogP contribution in [0.5, 0.6) is 0 Å². The van der Waals surface area contributed by atoms with Gasteiger partial charge in [0, 0.05) is 11.3 Å². The van der Waals surface area contributed by atoms with Gasteiger partial charge in [0.15, 0.2) is 6.29 Å². The van der Waals surface area contributed by atoms with E-state index in [0.717, 1.165) is 18.4 Å². The Labute approximate surface area is 121 Å². The van der Waals surface area contributed by atoms with Crippen molar-refractivity contribution in [1.29, 1.82) is 0 Å². The second-order valence-corrected chi connectivity index (χ2v) is 5.20. The van der Waals surface area contributed by atoms with Gasteiger partial charge in [-0.05, 0) is 54.7 Å². The summed E-state index contributed by atoms with van der Waals surface area (Å²) in [7, 11) is 0. The number of rotatable bonds is 4. The first-order chi connectivity index (χ1) is 10.2. The molecule has 0 heterocycles. The topological polar surface area (TPSA) is 46.2 Å². The number of anilines is 1. The highest BCUT2D eigenvalue weighted by Crippen LogP contribution is 2.40. The van der Waals surface area contributed by atoms with Gasteiger partial charge in [-0.3, -0.25) is 9.59 Å². The molecule has 3 rings (SSSR count). The zero-order valence-electron chi connectivity index (χ0n) is 11.3. The molecule has 1 N–H and O–H groups in total. The van der Waals surface area contributed by atoms with Gasteiger partial charge in [-0.1, -0.05) is 12.1 Å². The van der Waals surface area contributed by atoms with Gasteiger partial charge in [-0.2, -0.15) is 0 Å². The van der Waals surface area contributed by atoms with E-state index in [9.17, 15) is 14.0 Å². The molecule has 21 heavy (non-hydrogen) atoms. The molecule has 0 aliphatic heterocycles. The zero-order valence-corrected chi connectivity index (χ0v) is 11.3. The Bertz CT molecular complexity index is 690. The Morgan fingerprint density at radius 3 is 2.48 bits per heavy atom. The standard InChI is InChI=1S/C17H14FNO2/c18-14-5-7-15(8-6-14)19-17(21)16-9-12(11-1-2-11)3-4-13(16)10-20/h3-11H,1-2H2,(H,19,21). The summed E-state index contributed by atoms with van der Waals surface area (Å²) < 4.78 is 12.9. The molecule has 0 atom stereocenters. The largest absolute Gasteiger partial charge is 0.322 e. The lowest BCUT2D eigenvalue weighted by atomic mass is 10.0. The third-order valence-corrected chi connectivity index (χ3v) is 3.60. The van der Waals surface area contributed by atoms with Crippen LogP contribution in [0.1, 0.15) is 45.0 Å². The number of aldehydes is 1. The highest BCUT2D eigenvalue weighted by molar-refractivity contribution is 6.08. The predicted molar refractivity (Wildman–Crippen MR) is 78.2 cm³/mol. The minimum atomic E-state index is -0.364. The average molecular weight is 283 g/mol. The molecule has 106 valence electrons. The Balaban J connectivity index is 1.87. The van der Waals surface area contributed by atoms with Gasteiger partial charge in [0.1, 0.15) is 5.82 Å². The number of hydrogen-bond acceptors (Lipinski definition) is 2. The minimum Gasteiger partial charge on any atom is -0.322 e. The number of nitrogens with one attached hydrogen (secondary N) is 1. The second-order valence-electron chi connectivity index (χ2n) is 5.20. The molecule has 4 heteroatoms. The fraction of sp³-hybridized carbons (Fsp3) is 0.176. The smallest absolute Gasteiger partial charge is 0.256 e. The molecule has 2 aromatic rings. The number of carbonyl (C=O) groups excluding carboxylic acids is 2. The van der Waals surface area contributed by atoms with Crippen LogP contribution in [0.2, 0.25) is 0 Å². The third kappa shape index (κ3) is 2.99. The van der Waals surface area contributed by atoms with Crippen molar-refractivity contribution < 1.29 is 14.0 Å². The number of benzene rings is 2. The molecular weight excluding hydrogens is 269 g/mol. The highest BCUT2D eigenvalue weighted by Gasteiger charge is 2.25. The molecule has 0 aromatic heterocycles. The molecule has 1 aliphatic carbocycles. The van der Waals surface area contributed by atoms with Gasteiger partial charge in [0.2, 0.25) is 0 Å². The lowest BCUT2D eigenvalue weighted by Gasteiger charge is -2.09.